The van der Waals surface area contributed by atoms with Crippen molar-refractivity contribution in [1.82, 2.24) is 20.4 Å². The van der Waals surface area contributed by atoms with Gasteiger partial charge in [-0.2, -0.15) is 4.98 Å². The molecule has 142 valence electrons. The summed E-state index contributed by atoms with van der Waals surface area (Å²) in [5.41, 5.74) is 2.80. The molecule has 1 unspecified atom stereocenters. The molecular formula is C19H22ClN5O2. The number of aryl methyl sites for hydroxylation is 1. The second-order valence-corrected chi connectivity index (χ2v) is 6.10. The van der Waals surface area contributed by atoms with Crippen molar-refractivity contribution in [2.75, 3.05) is 12.4 Å². The molecule has 0 saturated carbocycles. The van der Waals surface area contributed by atoms with Crippen molar-refractivity contribution in [3.8, 4) is 11.5 Å². The van der Waals surface area contributed by atoms with Crippen LogP contribution in [0.25, 0.3) is 11.5 Å². The number of carbonyl (C=O) groups is 1. The molecule has 0 aliphatic rings. The molecule has 0 aliphatic carbocycles. The third-order valence-corrected chi connectivity index (χ3v) is 4.13. The smallest absolute Gasteiger partial charge is 0.260 e. The van der Waals surface area contributed by atoms with Gasteiger partial charge in [-0.3, -0.25) is 9.78 Å². The Bertz CT molecular complexity index is 898. The van der Waals surface area contributed by atoms with Crippen molar-refractivity contribution in [1.29, 1.82) is 0 Å². The average molecular weight is 388 g/mol. The van der Waals surface area contributed by atoms with Crippen LogP contribution in [-0.4, -0.2) is 34.1 Å². The first kappa shape index (κ1) is 20.5. The van der Waals surface area contributed by atoms with Crippen LogP contribution in [0.15, 0.2) is 47.2 Å². The Morgan fingerprint density at radius 1 is 1.22 bits per heavy atom. The van der Waals surface area contributed by atoms with Gasteiger partial charge in [-0.15, -0.1) is 12.4 Å². The van der Waals surface area contributed by atoms with Crippen LogP contribution in [0.3, 0.4) is 0 Å². The van der Waals surface area contributed by atoms with Gasteiger partial charge in [-0.25, -0.2) is 0 Å². The van der Waals surface area contributed by atoms with E-state index in [1.165, 1.54) is 0 Å². The number of benzene rings is 1. The highest BCUT2D eigenvalue weighted by Crippen LogP contribution is 2.30. The Hall–Kier alpha value is -2.77. The Balaban J connectivity index is 0.00000261. The number of para-hydroxylation sites is 1. The summed E-state index contributed by atoms with van der Waals surface area (Å²) in [5, 5.41) is 10.1. The lowest BCUT2D eigenvalue weighted by atomic mass is 10.1. The maximum atomic E-state index is 12.5. The number of hydrogen-bond donors (Lipinski definition) is 2. The summed E-state index contributed by atoms with van der Waals surface area (Å²) >= 11 is 0. The first-order valence-corrected chi connectivity index (χ1v) is 8.39. The van der Waals surface area contributed by atoms with Gasteiger partial charge in [0.15, 0.2) is 5.82 Å². The van der Waals surface area contributed by atoms with Gasteiger partial charge < -0.3 is 15.2 Å². The van der Waals surface area contributed by atoms with Crippen molar-refractivity contribution >= 4 is 24.0 Å². The van der Waals surface area contributed by atoms with Crippen LogP contribution >= 0.6 is 12.4 Å². The number of anilines is 1. The number of aromatic nitrogens is 3. The number of nitrogens with zero attached hydrogens (tertiary/aromatic N) is 3. The van der Waals surface area contributed by atoms with Gasteiger partial charge in [-0.1, -0.05) is 17.3 Å². The molecule has 0 saturated heterocycles. The normalized spacial score (nSPS) is 11.5. The second-order valence-electron chi connectivity index (χ2n) is 6.10. The van der Waals surface area contributed by atoms with Gasteiger partial charge in [0.2, 0.25) is 0 Å². The summed E-state index contributed by atoms with van der Waals surface area (Å²) in [4.78, 5) is 20.9. The van der Waals surface area contributed by atoms with Crippen molar-refractivity contribution in [2.24, 2.45) is 0 Å². The molecular weight excluding hydrogens is 366 g/mol. The van der Waals surface area contributed by atoms with E-state index in [1.54, 1.807) is 24.5 Å². The Morgan fingerprint density at radius 3 is 2.67 bits per heavy atom. The lowest BCUT2D eigenvalue weighted by Gasteiger charge is -2.11. The van der Waals surface area contributed by atoms with Gasteiger partial charge in [0, 0.05) is 30.4 Å². The van der Waals surface area contributed by atoms with Crippen molar-refractivity contribution in [3.63, 3.8) is 0 Å². The summed E-state index contributed by atoms with van der Waals surface area (Å²) in [6.45, 7) is 3.97. The van der Waals surface area contributed by atoms with Crippen molar-refractivity contribution < 1.29 is 9.32 Å². The number of hydrogen-bond acceptors (Lipinski definition) is 6. The zero-order valence-corrected chi connectivity index (χ0v) is 16.2. The van der Waals surface area contributed by atoms with Crippen molar-refractivity contribution in [3.05, 3.63) is 59.7 Å². The summed E-state index contributed by atoms with van der Waals surface area (Å²) in [7, 11) is 1.89. The van der Waals surface area contributed by atoms with Crippen LogP contribution < -0.4 is 10.6 Å². The highest BCUT2D eigenvalue weighted by molar-refractivity contribution is 6.06. The first-order chi connectivity index (χ1) is 12.6. The molecule has 27 heavy (non-hydrogen) atoms. The maximum absolute atomic E-state index is 12.5. The second kappa shape index (κ2) is 9.25. The van der Waals surface area contributed by atoms with E-state index in [9.17, 15) is 4.79 Å². The average Bonchev–Trinajstić information content (AvgIpc) is 3.12. The molecule has 0 radical (unpaired) electrons. The van der Waals surface area contributed by atoms with Crippen LogP contribution in [0.1, 0.15) is 28.7 Å². The predicted octanol–water partition coefficient (Wildman–Crippen LogP) is 3.26. The Morgan fingerprint density at radius 2 is 1.96 bits per heavy atom. The molecule has 2 aromatic heterocycles. The van der Waals surface area contributed by atoms with E-state index in [0.717, 1.165) is 5.56 Å². The minimum atomic E-state index is -0.216. The lowest BCUT2D eigenvalue weighted by molar-refractivity contribution is 0.102. The molecule has 2 heterocycles. The van der Waals surface area contributed by atoms with Gasteiger partial charge >= 0.3 is 0 Å². The van der Waals surface area contributed by atoms with E-state index in [-0.39, 0.29) is 24.4 Å². The van der Waals surface area contributed by atoms with Crippen LogP contribution in [0, 0.1) is 6.92 Å². The number of amides is 1. The fraction of sp³-hybridized carbons (Fsp3) is 0.263. The van der Waals surface area contributed by atoms with E-state index in [1.807, 2.05) is 39.1 Å². The molecule has 7 nitrogen and oxygen atoms in total. The molecule has 0 fully saturated rings. The third kappa shape index (κ3) is 4.90. The first-order valence-electron chi connectivity index (χ1n) is 8.39. The fourth-order valence-electron chi connectivity index (χ4n) is 2.52. The monoisotopic (exact) mass is 387 g/mol. The van der Waals surface area contributed by atoms with E-state index >= 15 is 0 Å². The zero-order chi connectivity index (χ0) is 18.5. The predicted molar refractivity (Wildman–Crippen MR) is 106 cm³/mol. The molecule has 8 heteroatoms. The molecule has 3 rings (SSSR count). The highest BCUT2D eigenvalue weighted by Gasteiger charge is 2.18. The summed E-state index contributed by atoms with van der Waals surface area (Å²) < 4.78 is 5.43. The number of halogens is 1. The van der Waals surface area contributed by atoms with Crippen LogP contribution in [0.2, 0.25) is 0 Å². The lowest BCUT2D eigenvalue weighted by Crippen LogP contribution is -2.24. The molecule has 1 atom stereocenters. The number of likely N-dealkylation sites (N-methyl/N-ethyl adjacent to an activating group) is 1. The van der Waals surface area contributed by atoms with Gasteiger partial charge in [0.05, 0.1) is 11.3 Å². The third-order valence-electron chi connectivity index (χ3n) is 4.13. The van der Waals surface area contributed by atoms with E-state index in [4.69, 9.17) is 4.52 Å². The van der Waals surface area contributed by atoms with Crippen LogP contribution in [0.4, 0.5) is 5.69 Å². The largest absolute Gasteiger partial charge is 0.334 e. The van der Waals surface area contributed by atoms with E-state index < -0.39 is 0 Å². The highest BCUT2D eigenvalue weighted by atomic mass is 35.5. The summed E-state index contributed by atoms with van der Waals surface area (Å²) in [6, 6.07) is 9.24. The van der Waals surface area contributed by atoms with Gasteiger partial charge in [0.1, 0.15) is 0 Å². The van der Waals surface area contributed by atoms with Crippen LogP contribution in [0.5, 0.6) is 0 Å². The number of pyridine rings is 1. The minimum Gasteiger partial charge on any atom is -0.334 e. The number of carbonyl (C=O) groups excluding carboxylic acids is 1. The van der Waals surface area contributed by atoms with E-state index in [0.29, 0.717) is 35.0 Å². The Kier molecular flexibility index (Phi) is 7.04. The minimum absolute atomic E-state index is 0. The molecule has 0 spiro atoms. The van der Waals surface area contributed by atoms with E-state index in [2.05, 4.69) is 25.8 Å². The molecule has 1 aromatic carbocycles. The standard InChI is InChI=1S/C19H21N5O2.ClH/c1-12-5-4-6-15(19-22-16(24-26-19)11-13(2)20-3)17(12)23-18(25)14-7-9-21-10-8-14;/h4-10,13,20H,11H2,1-3H3,(H,23,25);1H. The molecule has 0 aliphatic heterocycles. The van der Waals surface area contributed by atoms with Crippen LogP contribution in [-0.2, 0) is 6.42 Å². The molecule has 2 N–H and O–H groups in total. The fourth-order valence-corrected chi connectivity index (χ4v) is 2.52. The summed E-state index contributed by atoms with van der Waals surface area (Å²) in [6.07, 6.45) is 3.83. The number of rotatable bonds is 6. The SMILES string of the molecule is CNC(C)Cc1noc(-c2cccc(C)c2NC(=O)c2ccncc2)n1.Cl. The molecule has 1 amide bonds. The van der Waals surface area contributed by atoms with Gasteiger partial charge in [-0.05, 0) is 44.7 Å². The zero-order valence-electron chi connectivity index (χ0n) is 15.4. The number of nitrogens with one attached hydrogen (secondary N) is 2. The molecule has 3 aromatic rings. The quantitative estimate of drug-likeness (QED) is 0.674. The maximum Gasteiger partial charge on any atom is 0.260 e. The Labute approximate surface area is 164 Å². The van der Waals surface area contributed by atoms with Gasteiger partial charge in [0.25, 0.3) is 11.8 Å². The van der Waals surface area contributed by atoms with Crippen molar-refractivity contribution in [2.45, 2.75) is 26.3 Å². The summed E-state index contributed by atoms with van der Waals surface area (Å²) in [5.74, 6) is 0.790. The topological polar surface area (TPSA) is 92.9 Å². The molecule has 0 bridgehead atoms.